The van der Waals surface area contributed by atoms with Crippen LogP contribution < -0.4 is 11.1 Å². The monoisotopic (exact) mass is 262 g/mol. The summed E-state index contributed by atoms with van der Waals surface area (Å²) in [4.78, 5) is 25.7. The molecule has 0 unspecified atom stereocenters. The van der Waals surface area contributed by atoms with Crippen molar-refractivity contribution in [2.24, 2.45) is 0 Å². The number of nitrogens with two attached hydrogens (primary N) is 1. The molecule has 0 spiro atoms. The van der Waals surface area contributed by atoms with Crippen molar-refractivity contribution in [2.45, 2.75) is 6.54 Å². The van der Waals surface area contributed by atoms with Crippen LogP contribution in [-0.4, -0.2) is 26.0 Å². The molecule has 9 nitrogen and oxygen atoms in total. The average Bonchev–Trinajstić information content (AvgIpc) is 2.89. The second-order valence-electron chi connectivity index (χ2n) is 3.64. The van der Waals surface area contributed by atoms with Gasteiger partial charge >= 0.3 is 0 Å². The third kappa shape index (κ3) is 2.83. The lowest BCUT2D eigenvalue weighted by atomic mass is 10.1. The molecule has 0 aliphatic heterocycles. The molecule has 19 heavy (non-hydrogen) atoms. The van der Waals surface area contributed by atoms with E-state index in [4.69, 9.17) is 5.73 Å². The molecule has 1 amide bonds. The highest BCUT2D eigenvalue weighted by molar-refractivity contribution is 5.99. The Morgan fingerprint density at radius 1 is 1.53 bits per heavy atom. The topological polar surface area (TPSA) is 140 Å². The number of carbonyl (C=O) groups is 1. The van der Waals surface area contributed by atoms with Crippen molar-refractivity contribution in [3.8, 4) is 0 Å². The third-order valence-electron chi connectivity index (χ3n) is 2.37. The van der Waals surface area contributed by atoms with E-state index in [2.05, 4.69) is 20.5 Å². The van der Waals surface area contributed by atoms with Crippen LogP contribution >= 0.6 is 0 Å². The van der Waals surface area contributed by atoms with E-state index in [1.54, 1.807) is 0 Å². The van der Waals surface area contributed by atoms with Crippen LogP contribution in [0.25, 0.3) is 0 Å². The molecule has 0 aliphatic rings. The Morgan fingerprint density at radius 3 is 2.95 bits per heavy atom. The van der Waals surface area contributed by atoms with E-state index < -0.39 is 10.8 Å². The molecule has 4 N–H and O–H groups in total. The summed E-state index contributed by atoms with van der Waals surface area (Å²) in [7, 11) is 0. The number of carbonyl (C=O) groups excluding carboxylic acids is 1. The minimum absolute atomic E-state index is 0.0497. The van der Waals surface area contributed by atoms with Gasteiger partial charge in [0.15, 0.2) is 0 Å². The number of amides is 1. The molecular formula is C10H10N6O3. The lowest BCUT2D eigenvalue weighted by molar-refractivity contribution is -0.384. The maximum Gasteiger partial charge on any atom is 0.270 e. The van der Waals surface area contributed by atoms with Crippen LogP contribution in [0, 0.1) is 10.1 Å². The summed E-state index contributed by atoms with van der Waals surface area (Å²) in [5.41, 5.74) is 5.64. The molecule has 0 fully saturated rings. The first-order valence-corrected chi connectivity index (χ1v) is 5.24. The minimum Gasteiger partial charge on any atom is -0.398 e. The number of anilines is 1. The summed E-state index contributed by atoms with van der Waals surface area (Å²) in [5.74, 6) is -0.0463. The number of nitrogens with zero attached hydrogens (tertiary/aromatic N) is 3. The van der Waals surface area contributed by atoms with Crippen LogP contribution in [0.5, 0.6) is 0 Å². The molecule has 0 bridgehead atoms. The summed E-state index contributed by atoms with van der Waals surface area (Å²) in [6.07, 6.45) is 1.31. The van der Waals surface area contributed by atoms with Gasteiger partial charge in [0.2, 0.25) is 0 Å². The van der Waals surface area contributed by atoms with Gasteiger partial charge in [0.1, 0.15) is 12.2 Å². The van der Waals surface area contributed by atoms with Crippen molar-refractivity contribution < 1.29 is 9.72 Å². The zero-order valence-corrected chi connectivity index (χ0v) is 9.66. The van der Waals surface area contributed by atoms with E-state index in [9.17, 15) is 14.9 Å². The number of H-pyrrole nitrogens is 1. The molecule has 9 heteroatoms. The van der Waals surface area contributed by atoms with Crippen molar-refractivity contribution in [3.05, 3.63) is 46.0 Å². The lowest BCUT2D eigenvalue weighted by Gasteiger charge is -2.05. The molecule has 98 valence electrons. The zero-order chi connectivity index (χ0) is 13.8. The predicted octanol–water partition coefficient (Wildman–Crippen LogP) is 0.225. The number of rotatable bonds is 4. The SMILES string of the molecule is Nc1ccc([N+](=O)[O-])cc1C(=O)NCc1ncn[nH]1. The first-order valence-electron chi connectivity index (χ1n) is 5.24. The lowest BCUT2D eigenvalue weighted by Crippen LogP contribution is -2.24. The van der Waals surface area contributed by atoms with Gasteiger partial charge in [-0.05, 0) is 6.07 Å². The van der Waals surface area contributed by atoms with Gasteiger partial charge in [0.25, 0.3) is 11.6 Å². The highest BCUT2D eigenvalue weighted by Crippen LogP contribution is 2.19. The number of aromatic nitrogens is 3. The Bertz CT molecular complexity index is 610. The van der Waals surface area contributed by atoms with Crippen molar-refractivity contribution >= 4 is 17.3 Å². The summed E-state index contributed by atoms with van der Waals surface area (Å²) >= 11 is 0. The number of nitro benzene ring substituents is 1. The number of nitro groups is 1. The van der Waals surface area contributed by atoms with Gasteiger partial charge in [0.05, 0.1) is 17.0 Å². The van der Waals surface area contributed by atoms with Crippen LogP contribution in [0.4, 0.5) is 11.4 Å². The van der Waals surface area contributed by atoms with Crippen LogP contribution in [0.1, 0.15) is 16.2 Å². The first kappa shape index (κ1) is 12.5. The van der Waals surface area contributed by atoms with Crippen LogP contribution in [-0.2, 0) is 6.54 Å². The minimum atomic E-state index is -0.591. The average molecular weight is 262 g/mol. The maximum absolute atomic E-state index is 11.9. The summed E-state index contributed by atoms with van der Waals surface area (Å²) < 4.78 is 0. The van der Waals surface area contributed by atoms with E-state index in [0.717, 1.165) is 6.07 Å². The van der Waals surface area contributed by atoms with Crippen molar-refractivity contribution in [1.82, 2.24) is 20.5 Å². The molecular weight excluding hydrogens is 252 g/mol. The fourth-order valence-electron chi connectivity index (χ4n) is 1.43. The fraction of sp³-hybridized carbons (Fsp3) is 0.100. The third-order valence-corrected chi connectivity index (χ3v) is 2.37. The van der Waals surface area contributed by atoms with Crippen LogP contribution in [0.15, 0.2) is 24.5 Å². The predicted molar refractivity (Wildman–Crippen MR) is 65.1 cm³/mol. The quantitative estimate of drug-likeness (QED) is 0.409. The standard InChI is InChI=1S/C10H10N6O3/c11-8-2-1-6(16(18)19)3-7(8)10(17)12-4-9-13-5-14-15-9/h1-3,5H,4,11H2,(H,12,17)(H,13,14,15). The largest absolute Gasteiger partial charge is 0.398 e. The van der Waals surface area contributed by atoms with Gasteiger partial charge in [-0.3, -0.25) is 20.0 Å². The van der Waals surface area contributed by atoms with Gasteiger partial charge in [-0.1, -0.05) is 0 Å². The number of benzene rings is 1. The molecule has 0 atom stereocenters. The van der Waals surface area contributed by atoms with E-state index in [-0.39, 0.29) is 23.5 Å². The molecule has 0 radical (unpaired) electrons. The Kier molecular flexibility index (Phi) is 3.37. The second kappa shape index (κ2) is 5.12. The normalized spacial score (nSPS) is 10.1. The summed E-state index contributed by atoms with van der Waals surface area (Å²) in [5, 5.41) is 19.4. The molecule has 1 aromatic heterocycles. The van der Waals surface area contributed by atoms with E-state index >= 15 is 0 Å². The van der Waals surface area contributed by atoms with Crippen molar-refractivity contribution in [2.75, 3.05) is 5.73 Å². The Hall–Kier alpha value is -2.97. The Labute approximate surface area is 107 Å². The fourth-order valence-corrected chi connectivity index (χ4v) is 1.43. The highest BCUT2D eigenvalue weighted by atomic mass is 16.6. The number of nitrogen functional groups attached to an aromatic ring is 1. The van der Waals surface area contributed by atoms with E-state index in [1.807, 2.05) is 0 Å². The molecule has 0 saturated carbocycles. The Morgan fingerprint density at radius 2 is 2.32 bits per heavy atom. The number of aromatic amines is 1. The van der Waals surface area contributed by atoms with Crippen LogP contribution in [0.3, 0.4) is 0 Å². The van der Waals surface area contributed by atoms with E-state index in [0.29, 0.717) is 5.82 Å². The first-order chi connectivity index (χ1) is 9.08. The molecule has 0 saturated heterocycles. The van der Waals surface area contributed by atoms with Gasteiger partial charge in [-0.25, -0.2) is 4.98 Å². The summed E-state index contributed by atoms with van der Waals surface area (Å²) in [6.45, 7) is 0.126. The van der Waals surface area contributed by atoms with Gasteiger partial charge in [-0.2, -0.15) is 5.10 Å². The van der Waals surface area contributed by atoms with Gasteiger partial charge in [-0.15, -0.1) is 0 Å². The number of nitrogens with one attached hydrogen (secondary N) is 2. The van der Waals surface area contributed by atoms with Crippen LogP contribution in [0.2, 0.25) is 0 Å². The highest BCUT2D eigenvalue weighted by Gasteiger charge is 2.15. The zero-order valence-electron chi connectivity index (χ0n) is 9.66. The molecule has 1 heterocycles. The second-order valence-corrected chi connectivity index (χ2v) is 3.64. The van der Waals surface area contributed by atoms with Crippen molar-refractivity contribution in [1.29, 1.82) is 0 Å². The number of hydrogen-bond acceptors (Lipinski definition) is 6. The van der Waals surface area contributed by atoms with Gasteiger partial charge < -0.3 is 11.1 Å². The molecule has 2 aromatic rings. The van der Waals surface area contributed by atoms with Gasteiger partial charge in [0, 0.05) is 17.8 Å². The summed E-state index contributed by atoms with van der Waals surface area (Å²) in [6, 6.07) is 3.69. The smallest absolute Gasteiger partial charge is 0.270 e. The van der Waals surface area contributed by atoms with E-state index in [1.165, 1.54) is 18.5 Å². The number of non-ortho nitro benzene ring substituents is 1. The maximum atomic E-state index is 11.9. The molecule has 1 aromatic carbocycles. The van der Waals surface area contributed by atoms with Crippen molar-refractivity contribution in [3.63, 3.8) is 0 Å². The molecule has 0 aliphatic carbocycles. The molecule has 2 rings (SSSR count). The Balaban J connectivity index is 2.14. The number of hydrogen-bond donors (Lipinski definition) is 3.